The van der Waals surface area contributed by atoms with Gasteiger partial charge < -0.3 is 11.1 Å². The minimum atomic E-state index is -0.166. The average Bonchev–Trinajstić information content (AvgIpc) is 2.49. The van der Waals surface area contributed by atoms with Gasteiger partial charge in [-0.05, 0) is 24.1 Å². The largest absolute Gasteiger partial charge is 0.351 e. The van der Waals surface area contributed by atoms with Crippen molar-refractivity contribution in [3.8, 4) is 0 Å². The maximum atomic E-state index is 11.7. The van der Waals surface area contributed by atoms with Crippen LogP contribution in [-0.2, 0) is 0 Å². The molecule has 2 aromatic rings. The first-order valence-corrected chi connectivity index (χ1v) is 6.27. The molecule has 3 N–H and O–H groups in total. The van der Waals surface area contributed by atoms with Crippen molar-refractivity contribution in [3.05, 3.63) is 66.0 Å². The van der Waals surface area contributed by atoms with E-state index in [9.17, 15) is 4.79 Å². The second kappa shape index (κ2) is 6.66. The second-order valence-electron chi connectivity index (χ2n) is 4.28. The van der Waals surface area contributed by atoms with Crippen molar-refractivity contribution in [1.29, 1.82) is 0 Å². The highest BCUT2D eigenvalue weighted by molar-refractivity contribution is 5.92. The number of hydrogen-bond acceptors (Lipinski definition) is 3. The predicted molar refractivity (Wildman–Crippen MR) is 74.6 cm³/mol. The molecule has 2 rings (SSSR count). The van der Waals surface area contributed by atoms with Gasteiger partial charge in [0.05, 0.1) is 0 Å². The van der Waals surface area contributed by atoms with E-state index in [0.717, 1.165) is 5.56 Å². The summed E-state index contributed by atoms with van der Waals surface area (Å²) in [5.41, 5.74) is 7.56. The van der Waals surface area contributed by atoms with Crippen molar-refractivity contribution in [3.63, 3.8) is 0 Å². The third-order valence-corrected chi connectivity index (χ3v) is 2.87. The summed E-state index contributed by atoms with van der Waals surface area (Å²) < 4.78 is 0. The van der Waals surface area contributed by atoms with E-state index in [0.29, 0.717) is 18.7 Å². The third kappa shape index (κ3) is 3.89. The number of carbonyl (C=O) groups is 1. The van der Waals surface area contributed by atoms with Gasteiger partial charge in [-0.2, -0.15) is 0 Å². The fourth-order valence-corrected chi connectivity index (χ4v) is 1.80. The highest BCUT2D eigenvalue weighted by atomic mass is 16.1. The number of nitrogens with one attached hydrogen (secondary N) is 1. The van der Waals surface area contributed by atoms with E-state index in [4.69, 9.17) is 5.73 Å². The van der Waals surface area contributed by atoms with Crippen molar-refractivity contribution >= 4 is 5.91 Å². The SMILES string of the molecule is NC(CCNC(=O)c1ccccn1)c1ccccc1. The van der Waals surface area contributed by atoms with Crippen molar-refractivity contribution in [2.75, 3.05) is 6.54 Å². The third-order valence-electron chi connectivity index (χ3n) is 2.87. The number of benzene rings is 1. The second-order valence-corrected chi connectivity index (χ2v) is 4.28. The zero-order valence-corrected chi connectivity index (χ0v) is 10.6. The fraction of sp³-hybridized carbons (Fsp3) is 0.200. The van der Waals surface area contributed by atoms with Crippen molar-refractivity contribution in [2.45, 2.75) is 12.5 Å². The molecule has 4 nitrogen and oxygen atoms in total. The molecule has 4 heteroatoms. The Kier molecular flexibility index (Phi) is 4.64. The summed E-state index contributed by atoms with van der Waals surface area (Å²) in [6.45, 7) is 0.533. The molecular weight excluding hydrogens is 238 g/mol. The molecule has 0 saturated carbocycles. The van der Waals surface area contributed by atoms with Crippen LogP contribution in [0.4, 0.5) is 0 Å². The van der Waals surface area contributed by atoms with Gasteiger partial charge in [-0.25, -0.2) is 0 Å². The molecule has 1 amide bonds. The molecule has 1 heterocycles. The maximum Gasteiger partial charge on any atom is 0.269 e. The maximum absolute atomic E-state index is 11.7. The van der Waals surface area contributed by atoms with Gasteiger partial charge in [-0.15, -0.1) is 0 Å². The van der Waals surface area contributed by atoms with Gasteiger partial charge in [-0.1, -0.05) is 36.4 Å². The minimum absolute atomic E-state index is 0.0646. The molecule has 0 bridgehead atoms. The van der Waals surface area contributed by atoms with E-state index in [1.165, 1.54) is 0 Å². The van der Waals surface area contributed by atoms with Gasteiger partial charge in [0.2, 0.25) is 0 Å². The Morgan fingerprint density at radius 1 is 1.16 bits per heavy atom. The van der Waals surface area contributed by atoms with Crippen molar-refractivity contribution in [1.82, 2.24) is 10.3 Å². The Labute approximate surface area is 112 Å². The molecule has 1 atom stereocenters. The highest BCUT2D eigenvalue weighted by Crippen LogP contribution is 2.12. The summed E-state index contributed by atoms with van der Waals surface area (Å²) in [5.74, 6) is -0.166. The van der Waals surface area contributed by atoms with Gasteiger partial charge in [-0.3, -0.25) is 9.78 Å². The Hall–Kier alpha value is -2.20. The first kappa shape index (κ1) is 13.2. The lowest BCUT2D eigenvalue weighted by atomic mass is 10.1. The molecule has 0 fully saturated rings. The van der Waals surface area contributed by atoms with Gasteiger partial charge in [0.15, 0.2) is 0 Å². The summed E-state index contributed by atoms with van der Waals surface area (Å²) in [4.78, 5) is 15.7. The van der Waals surface area contributed by atoms with Crippen LogP contribution in [0.3, 0.4) is 0 Å². The van der Waals surface area contributed by atoms with E-state index < -0.39 is 0 Å². The van der Waals surface area contributed by atoms with Crippen LogP contribution in [0.25, 0.3) is 0 Å². The quantitative estimate of drug-likeness (QED) is 0.857. The van der Waals surface area contributed by atoms with Gasteiger partial charge in [0.1, 0.15) is 5.69 Å². The number of aromatic nitrogens is 1. The molecule has 0 aliphatic heterocycles. The molecule has 19 heavy (non-hydrogen) atoms. The molecule has 0 aliphatic carbocycles. The van der Waals surface area contributed by atoms with Gasteiger partial charge in [0, 0.05) is 18.8 Å². The zero-order valence-electron chi connectivity index (χ0n) is 10.6. The number of amides is 1. The molecule has 0 saturated heterocycles. The Morgan fingerprint density at radius 3 is 2.58 bits per heavy atom. The summed E-state index contributed by atoms with van der Waals surface area (Å²) >= 11 is 0. The van der Waals surface area contributed by atoms with E-state index in [1.54, 1.807) is 24.4 Å². The lowest BCUT2D eigenvalue weighted by Gasteiger charge is -2.12. The van der Waals surface area contributed by atoms with E-state index in [-0.39, 0.29) is 11.9 Å². The van der Waals surface area contributed by atoms with Crippen LogP contribution in [0.2, 0.25) is 0 Å². The van der Waals surface area contributed by atoms with Crippen molar-refractivity contribution < 1.29 is 4.79 Å². The summed E-state index contributed by atoms with van der Waals surface area (Å²) in [6, 6.07) is 15.1. The molecule has 0 spiro atoms. The Morgan fingerprint density at radius 2 is 1.89 bits per heavy atom. The zero-order chi connectivity index (χ0) is 13.5. The number of nitrogens with zero attached hydrogens (tertiary/aromatic N) is 1. The number of hydrogen-bond donors (Lipinski definition) is 2. The van der Waals surface area contributed by atoms with Crippen LogP contribution >= 0.6 is 0 Å². The molecule has 98 valence electrons. The standard InChI is InChI=1S/C15H17N3O/c16-13(12-6-2-1-3-7-12)9-11-18-15(19)14-8-4-5-10-17-14/h1-8,10,13H,9,11,16H2,(H,18,19). The van der Waals surface area contributed by atoms with Crippen LogP contribution in [0.15, 0.2) is 54.7 Å². The van der Waals surface area contributed by atoms with Gasteiger partial charge >= 0.3 is 0 Å². The highest BCUT2D eigenvalue weighted by Gasteiger charge is 2.08. The van der Waals surface area contributed by atoms with Crippen LogP contribution in [0.1, 0.15) is 28.5 Å². The summed E-state index contributed by atoms with van der Waals surface area (Å²) in [5, 5.41) is 2.82. The summed E-state index contributed by atoms with van der Waals surface area (Å²) in [6.07, 6.45) is 2.30. The predicted octanol–water partition coefficient (Wildman–Crippen LogP) is 1.90. The topological polar surface area (TPSA) is 68.0 Å². The molecule has 0 radical (unpaired) electrons. The van der Waals surface area contributed by atoms with Crippen LogP contribution in [0.5, 0.6) is 0 Å². The summed E-state index contributed by atoms with van der Waals surface area (Å²) in [7, 11) is 0. The monoisotopic (exact) mass is 255 g/mol. The van der Waals surface area contributed by atoms with E-state index in [2.05, 4.69) is 10.3 Å². The smallest absolute Gasteiger partial charge is 0.269 e. The molecule has 1 aromatic carbocycles. The number of rotatable bonds is 5. The average molecular weight is 255 g/mol. The fourth-order valence-electron chi connectivity index (χ4n) is 1.80. The number of carbonyl (C=O) groups excluding carboxylic acids is 1. The van der Waals surface area contributed by atoms with Gasteiger partial charge in [0.25, 0.3) is 5.91 Å². The van der Waals surface area contributed by atoms with Crippen molar-refractivity contribution in [2.24, 2.45) is 5.73 Å². The normalized spacial score (nSPS) is 11.8. The molecular formula is C15H17N3O. The van der Waals surface area contributed by atoms with Crippen LogP contribution < -0.4 is 11.1 Å². The van der Waals surface area contributed by atoms with E-state index in [1.807, 2.05) is 30.3 Å². The molecule has 1 unspecified atom stereocenters. The number of nitrogens with two attached hydrogens (primary N) is 1. The van der Waals surface area contributed by atoms with Crippen LogP contribution in [0, 0.1) is 0 Å². The lowest BCUT2D eigenvalue weighted by Crippen LogP contribution is -2.27. The Balaban J connectivity index is 1.79. The Bertz CT molecular complexity index is 513. The lowest BCUT2D eigenvalue weighted by molar-refractivity contribution is 0.0947. The number of pyridine rings is 1. The van der Waals surface area contributed by atoms with Crippen LogP contribution in [-0.4, -0.2) is 17.4 Å². The molecule has 0 aliphatic rings. The first-order chi connectivity index (χ1) is 9.27. The minimum Gasteiger partial charge on any atom is -0.351 e. The molecule has 1 aromatic heterocycles. The van der Waals surface area contributed by atoms with E-state index >= 15 is 0 Å². The first-order valence-electron chi connectivity index (χ1n) is 6.27.